The zero-order valence-corrected chi connectivity index (χ0v) is 17.5. The molecule has 0 aliphatic carbocycles. The van der Waals surface area contributed by atoms with E-state index in [0.717, 1.165) is 32.1 Å². The molecular weight excluding hydrogens is 436 g/mol. The highest BCUT2D eigenvalue weighted by Crippen LogP contribution is 2.26. The number of aromatic nitrogens is 4. The fraction of sp³-hybridized carbons (Fsp3) is 0.100. The normalized spacial score (nSPS) is 11.6. The molecule has 8 heteroatoms. The minimum Gasteiger partial charge on any atom is -0.252 e. The Balaban J connectivity index is 1.56. The maximum Gasteiger partial charge on any atom is 0.203 e. The number of thiazole rings is 1. The number of rotatable bonds is 6. The third kappa shape index (κ3) is 4.52. The molecule has 2 aromatic heterocycles. The van der Waals surface area contributed by atoms with Gasteiger partial charge >= 0.3 is 0 Å². The van der Waals surface area contributed by atoms with Gasteiger partial charge in [-0.25, -0.2) is 14.6 Å². The number of anilines is 1. The molecule has 0 unspecified atom stereocenters. The number of hydrogen-bond donors (Lipinski definition) is 1. The third-order valence-electron chi connectivity index (χ3n) is 4.09. The van der Waals surface area contributed by atoms with E-state index in [0.29, 0.717) is 6.54 Å². The van der Waals surface area contributed by atoms with Crippen LogP contribution in [0.4, 0.5) is 5.13 Å². The average Bonchev–Trinajstić information content (AvgIpc) is 3.38. The van der Waals surface area contributed by atoms with E-state index in [-0.39, 0.29) is 0 Å². The van der Waals surface area contributed by atoms with Crippen LogP contribution >= 0.6 is 27.3 Å². The van der Waals surface area contributed by atoms with Crippen LogP contribution in [0.2, 0.25) is 0 Å². The van der Waals surface area contributed by atoms with E-state index in [1.165, 1.54) is 23.2 Å². The van der Waals surface area contributed by atoms with Crippen molar-refractivity contribution in [3.05, 3.63) is 82.2 Å². The van der Waals surface area contributed by atoms with Crippen LogP contribution in [-0.2, 0) is 6.54 Å². The zero-order valence-electron chi connectivity index (χ0n) is 15.1. The molecule has 0 saturated carbocycles. The molecule has 0 spiro atoms. The molecule has 0 saturated heterocycles. The fourth-order valence-electron chi connectivity index (χ4n) is 2.60. The van der Waals surface area contributed by atoms with Crippen molar-refractivity contribution in [3.63, 3.8) is 0 Å². The van der Waals surface area contributed by atoms with Crippen molar-refractivity contribution in [1.29, 1.82) is 0 Å². The van der Waals surface area contributed by atoms with Gasteiger partial charge in [-0.1, -0.05) is 57.9 Å². The molecule has 0 aliphatic heterocycles. The molecule has 0 amide bonds. The van der Waals surface area contributed by atoms with Gasteiger partial charge in [-0.05, 0) is 24.6 Å². The van der Waals surface area contributed by atoms with E-state index in [4.69, 9.17) is 0 Å². The summed E-state index contributed by atoms with van der Waals surface area (Å²) in [6.07, 6.45) is 3.20. The minimum absolute atomic E-state index is 0.515. The monoisotopic (exact) mass is 452 g/mol. The third-order valence-corrected chi connectivity index (χ3v) is 5.37. The predicted molar refractivity (Wildman–Crippen MR) is 117 cm³/mol. The number of nitrogens with one attached hydrogen (secondary N) is 1. The summed E-state index contributed by atoms with van der Waals surface area (Å²) in [4.78, 5) is 8.64. The van der Waals surface area contributed by atoms with E-state index >= 15 is 0 Å². The Hall–Kier alpha value is -2.84. The van der Waals surface area contributed by atoms with Gasteiger partial charge in [0.2, 0.25) is 5.13 Å². The van der Waals surface area contributed by atoms with Crippen molar-refractivity contribution in [2.75, 3.05) is 5.43 Å². The Labute approximate surface area is 175 Å². The molecule has 140 valence electrons. The van der Waals surface area contributed by atoms with Gasteiger partial charge in [0, 0.05) is 15.4 Å². The largest absolute Gasteiger partial charge is 0.252 e. The van der Waals surface area contributed by atoms with Crippen molar-refractivity contribution in [2.45, 2.75) is 13.5 Å². The summed E-state index contributed by atoms with van der Waals surface area (Å²) >= 11 is 4.98. The topological polar surface area (TPSA) is 68.0 Å². The number of nitrogens with zero attached hydrogens (tertiary/aromatic N) is 5. The zero-order chi connectivity index (χ0) is 19.3. The molecule has 0 atom stereocenters. The smallest absolute Gasteiger partial charge is 0.203 e. The van der Waals surface area contributed by atoms with Crippen LogP contribution in [0.3, 0.4) is 0 Å². The second-order valence-electron chi connectivity index (χ2n) is 6.17. The predicted octanol–water partition coefficient (Wildman–Crippen LogP) is 4.99. The molecule has 2 heterocycles. The lowest BCUT2D eigenvalue weighted by Crippen LogP contribution is -2.14. The molecule has 0 aliphatic rings. The minimum atomic E-state index is 0.515. The fourth-order valence-corrected chi connectivity index (χ4v) is 3.52. The first-order valence-electron chi connectivity index (χ1n) is 8.61. The molecule has 2 aromatic carbocycles. The Morgan fingerprint density at radius 2 is 1.93 bits per heavy atom. The van der Waals surface area contributed by atoms with Gasteiger partial charge < -0.3 is 0 Å². The highest BCUT2D eigenvalue weighted by molar-refractivity contribution is 9.10. The van der Waals surface area contributed by atoms with Crippen molar-refractivity contribution in [2.24, 2.45) is 5.10 Å². The van der Waals surface area contributed by atoms with Gasteiger partial charge in [-0.3, -0.25) is 5.43 Å². The van der Waals surface area contributed by atoms with E-state index in [2.05, 4.69) is 72.7 Å². The van der Waals surface area contributed by atoms with E-state index in [1.54, 1.807) is 11.0 Å². The summed E-state index contributed by atoms with van der Waals surface area (Å²) < 4.78 is 2.79. The first-order chi connectivity index (χ1) is 13.7. The summed E-state index contributed by atoms with van der Waals surface area (Å²) in [5.41, 5.74) is 8.17. The first kappa shape index (κ1) is 18.5. The molecule has 0 radical (unpaired) electrons. The van der Waals surface area contributed by atoms with Crippen LogP contribution in [0.5, 0.6) is 0 Å². The lowest BCUT2D eigenvalue weighted by Gasteiger charge is -2.07. The first-order valence-corrected chi connectivity index (χ1v) is 10.3. The van der Waals surface area contributed by atoms with Crippen molar-refractivity contribution in [3.8, 4) is 11.3 Å². The standard InChI is InChI=1S/C20H17BrN6S/c1-14-2-4-15(5-3-14)18(10-27-13-22-12-23-27)25-26-20-24-19(11-28-20)16-6-8-17(21)9-7-16/h2-9,11-13H,10H2,1H3,(H,24,26)/b25-18+. The van der Waals surface area contributed by atoms with Crippen LogP contribution in [0.25, 0.3) is 11.3 Å². The SMILES string of the molecule is Cc1ccc(/C(Cn2cncn2)=N/Nc2nc(-c3ccc(Br)cc3)cs2)cc1. The summed E-state index contributed by atoms with van der Waals surface area (Å²) in [6.45, 7) is 2.58. The van der Waals surface area contributed by atoms with Crippen LogP contribution in [0.1, 0.15) is 11.1 Å². The van der Waals surface area contributed by atoms with Gasteiger partial charge in [0.1, 0.15) is 12.7 Å². The van der Waals surface area contributed by atoms with Gasteiger partial charge in [0.15, 0.2) is 0 Å². The molecule has 1 N–H and O–H groups in total. The summed E-state index contributed by atoms with van der Waals surface area (Å²) in [5.74, 6) is 0. The highest BCUT2D eigenvalue weighted by Gasteiger charge is 2.08. The van der Waals surface area contributed by atoms with Crippen LogP contribution in [0, 0.1) is 6.92 Å². The molecule has 28 heavy (non-hydrogen) atoms. The molecule has 4 aromatic rings. The Morgan fingerprint density at radius 1 is 1.14 bits per heavy atom. The number of aryl methyl sites for hydroxylation is 1. The van der Waals surface area contributed by atoms with E-state index in [1.807, 2.05) is 29.6 Å². The summed E-state index contributed by atoms with van der Waals surface area (Å²) in [5, 5.41) is 11.5. The van der Waals surface area contributed by atoms with Gasteiger partial charge in [-0.2, -0.15) is 10.2 Å². The van der Waals surface area contributed by atoms with Gasteiger partial charge in [0.05, 0.1) is 18.0 Å². The lowest BCUT2D eigenvalue weighted by atomic mass is 10.1. The highest BCUT2D eigenvalue weighted by atomic mass is 79.9. The molecule has 0 fully saturated rings. The molecule has 4 rings (SSSR count). The maximum absolute atomic E-state index is 4.64. The quantitative estimate of drug-likeness (QED) is 0.330. The Kier molecular flexibility index (Phi) is 5.59. The maximum atomic E-state index is 4.64. The number of benzene rings is 2. The van der Waals surface area contributed by atoms with Crippen LogP contribution in [-0.4, -0.2) is 25.5 Å². The number of hydrogen-bond acceptors (Lipinski definition) is 6. The second-order valence-corrected chi connectivity index (χ2v) is 7.95. The van der Waals surface area contributed by atoms with E-state index in [9.17, 15) is 0 Å². The van der Waals surface area contributed by atoms with Crippen LogP contribution in [0.15, 0.2) is 76.1 Å². The Morgan fingerprint density at radius 3 is 2.64 bits per heavy atom. The second kappa shape index (κ2) is 8.45. The molecule has 0 bridgehead atoms. The van der Waals surface area contributed by atoms with Crippen molar-refractivity contribution < 1.29 is 0 Å². The molecular formula is C20H17BrN6S. The van der Waals surface area contributed by atoms with Gasteiger partial charge in [-0.15, -0.1) is 11.3 Å². The summed E-state index contributed by atoms with van der Waals surface area (Å²) in [6, 6.07) is 16.3. The number of halogens is 1. The van der Waals surface area contributed by atoms with Crippen molar-refractivity contribution in [1.82, 2.24) is 19.7 Å². The molecule has 6 nitrogen and oxygen atoms in total. The lowest BCUT2D eigenvalue weighted by molar-refractivity contribution is 0.721. The summed E-state index contributed by atoms with van der Waals surface area (Å²) in [7, 11) is 0. The van der Waals surface area contributed by atoms with Crippen molar-refractivity contribution >= 4 is 38.1 Å². The van der Waals surface area contributed by atoms with E-state index < -0.39 is 0 Å². The number of hydrazone groups is 1. The Bertz CT molecular complexity index is 1070. The average molecular weight is 453 g/mol. The van der Waals surface area contributed by atoms with Gasteiger partial charge in [0.25, 0.3) is 0 Å². The van der Waals surface area contributed by atoms with Crippen LogP contribution < -0.4 is 5.43 Å².